The highest BCUT2D eigenvalue weighted by atomic mass is 32.2. The van der Waals surface area contributed by atoms with Crippen molar-refractivity contribution >= 4 is 35.1 Å². The molecule has 1 atom stereocenters. The molecule has 8 heteroatoms. The van der Waals surface area contributed by atoms with E-state index >= 15 is 0 Å². The van der Waals surface area contributed by atoms with Crippen LogP contribution < -0.4 is 10.6 Å². The van der Waals surface area contributed by atoms with Crippen LogP contribution in [0.15, 0.2) is 47.4 Å². The maximum atomic E-state index is 12.1. The average Bonchev–Trinajstić information content (AvgIpc) is 2.96. The molecule has 0 spiro atoms. The lowest BCUT2D eigenvalue weighted by atomic mass is 10.1. The quantitative estimate of drug-likeness (QED) is 0.422. The van der Waals surface area contributed by atoms with Crippen LogP contribution in [0, 0.1) is 10.1 Å². The topological polar surface area (TPSA) is 104 Å². The summed E-state index contributed by atoms with van der Waals surface area (Å²) in [4.78, 5) is 22.8. The summed E-state index contributed by atoms with van der Waals surface area (Å²) in [5.41, 5.74) is 1.87. The lowest BCUT2D eigenvalue weighted by molar-refractivity contribution is -0.385. The van der Waals surface area contributed by atoms with Crippen LogP contribution in [0.2, 0.25) is 0 Å². The van der Waals surface area contributed by atoms with E-state index in [1.807, 2.05) is 24.3 Å². The van der Waals surface area contributed by atoms with E-state index in [9.17, 15) is 20.0 Å². The van der Waals surface area contributed by atoms with Gasteiger partial charge in [-0.15, -0.1) is 0 Å². The monoisotopic (exact) mass is 371 g/mol. The van der Waals surface area contributed by atoms with Gasteiger partial charge in [-0.3, -0.25) is 14.9 Å². The fourth-order valence-electron chi connectivity index (χ4n) is 2.48. The standard InChI is InChI=1S/C18H17N3O4S/c1-2-11-3-6-13(7-4-11)19-18-20-17(23)16(26-18)10-12-5-8-15(22)14(9-12)21(24)25/h3-10,18-19,22H,2H2,1H3,(H,20,23)/b16-10-. The summed E-state index contributed by atoms with van der Waals surface area (Å²) in [6, 6.07) is 12.0. The number of hydrogen-bond donors (Lipinski definition) is 3. The maximum absolute atomic E-state index is 12.1. The molecule has 3 rings (SSSR count). The van der Waals surface area contributed by atoms with Gasteiger partial charge in [0.2, 0.25) is 0 Å². The Kier molecular flexibility index (Phi) is 5.13. The molecule has 26 heavy (non-hydrogen) atoms. The maximum Gasteiger partial charge on any atom is 0.311 e. The number of nitrogens with one attached hydrogen (secondary N) is 2. The van der Waals surface area contributed by atoms with Crippen molar-refractivity contribution in [1.82, 2.24) is 5.32 Å². The SMILES string of the molecule is CCc1ccc(NC2NC(=O)/C(=C/c3ccc(O)c([N+](=O)[O-])c3)S2)cc1. The highest BCUT2D eigenvalue weighted by Gasteiger charge is 2.27. The van der Waals surface area contributed by atoms with Crippen LogP contribution in [0.25, 0.3) is 6.08 Å². The van der Waals surface area contributed by atoms with Gasteiger partial charge in [-0.1, -0.05) is 36.9 Å². The predicted octanol–water partition coefficient (Wildman–Crippen LogP) is 3.46. The molecule has 1 amide bonds. The first-order chi connectivity index (χ1) is 12.5. The third kappa shape index (κ3) is 3.97. The van der Waals surface area contributed by atoms with Crippen LogP contribution >= 0.6 is 11.8 Å². The third-order valence-corrected chi connectivity index (χ3v) is 4.91. The summed E-state index contributed by atoms with van der Waals surface area (Å²) in [5, 5.41) is 26.4. The van der Waals surface area contributed by atoms with E-state index in [1.54, 1.807) is 6.08 Å². The number of phenols is 1. The number of nitrogens with zero attached hydrogens (tertiary/aromatic N) is 1. The van der Waals surface area contributed by atoms with E-state index in [0.29, 0.717) is 10.5 Å². The molecular weight excluding hydrogens is 354 g/mol. The van der Waals surface area contributed by atoms with Crippen molar-refractivity contribution in [3.05, 3.63) is 68.6 Å². The number of carbonyl (C=O) groups is 1. The Morgan fingerprint density at radius 2 is 2.04 bits per heavy atom. The van der Waals surface area contributed by atoms with Gasteiger partial charge in [0.25, 0.3) is 5.91 Å². The zero-order chi connectivity index (χ0) is 18.7. The summed E-state index contributed by atoms with van der Waals surface area (Å²) in [6.07, 6.45) is 2.52. The van der Waals surface area contributed by atoms with Gasteiger partial charge in [0, 0.05) is 11.8 Å². The summed E-state index contributed by atoms with van der Waals surface area (Å²) in [6.45, 7) is 2.08. The molecule has 0 saturated carbocycles. The van der Waals surface area contributed by atoms with Gasteiger partial charge in [-0.25, -0.2) is 0 Å². The zero-order valence-electron chi connectivity index (χ0n) is 13.9. The van der Waals surface area contributed by atoms with Gasteiger partial charge in [-0.2, -0.15) is 0 Å². The van der Waals surface area contributed by atoms with E-state index < -0.39 is 16.4 Å². The molecule has 1 aliphatic heterocycles. The summed E-state index contributed by atoms with van der Waals surface area (Å²) in [5.74, 6) is -0.663. The van der Waals surface area contributed by atoms with Crippen LogP contribution in [0.5, 0.6) is 5.75 Å². The third-order valence-electron chi connectivity index (χ3n) is 3.88. The summed E-state index contributed by atoms with van der Waals surface area (Å²) >= 11 is 1.29. The lowest BCUT2D eigenvalue weighted by Crippen LogP contribution is -2.30. The molecule has 1 aliphatic rings. The highest BCUT2D eigenvalue weighted by Crippen LogP contribution is 2.32. The number of rotatable bonds is 5. The van der Waals surface area contributed by atoms with E-state index in [4.69, 9.17) is 0 Å². The number of carbonyl (C=O) groups excluding carboxylic acids is 1. The van der Waals surface area contributed by atoms with Crippen LogP contribution in [-0.4, -0.2) is 21.4 Å². The van der Waals surface area contributed by atoms with Crippen molar-refractivity contribution in [3.8, 4) is 5.75 Å². The first-order valence-electron chi connectivity index (χ1n) is 7.98. The van der Waals surface area contributed by atoms with Crippen molar-refractivity contribution in [2.24, 2.45) is 0 Å². The number of aryl methyl sites for hydroxylation is 1. The molecule has 1 saturated heterocycles. The Labute approximate surface area is 154 Å². The number of nitro benzene ring substituents is 1. The molecule has 1 heterocycles. The van der Waals surface area contributed by atoms with Crippen LogP contribution in [-0.2, 0) is 11.2 Å². The molecule has 0 bridgehead atoms. The Morgan fingerprint density at radius 1 is 1.31 bits per heavy atom. The second-order valence-electron chi connectivity index (χ2n) is 5.68. The zero-order valence-corrected chi connectivity index (χ0v) is 14.7. The molecular formula is C18H17N3O4S. The Morgan fingerprint density at radius 3 is 2.69 bits per heavy atom. The van der Waals surface area contributed by atoms with Gasteiger partial charge in [0.05, 0.1) is 9.83 Å². The lowest BCUT2D eigenvalue weighted by Gasteiger charge is -2.12. The molecule has 0 radical (unpaired) electrons. The molecule has 0 aliphatic carbocycles. The molecule has 0 aromatic heterocycles. The van der Waals surface area contributed by atoms with Crippen molar-refractivity contribution in [2.75, 3.05) is 5.32 Å². The van der Waals surface area contributed by atoms with Crippen LogP contribution in [0.3, 0.4) is 0 Å². The Bertz CT molecular complexity index is 881. The smallest absolute Gasteiger partial charge is 0.311 e. The van der Waals surface area contributed by atoms with E-state index in [1.165, 1.54) is 35.5 Å². The molecule has 134 valence electrons. The number of anilines is 1. The van der Waals surface area contributed by atoms with E-state index in [2.05, 4.69) is 17.6 Å². The van der Waals surface area contributed by atoms with Gasteiger partial charge in [-0.05, 0) is 41.8 Å². The van der Waals surface area contributed by atoms with Crippen molar-refractivity contribution in [1.29, 1.82) is 0 Å². The number of amides is 1. The number of benzene rings is 2. The fourth-order valence-corrected chi connectivity index (χ4v) is 3.47. The largest absolute Gasteiger partial charge is 0.502 e. The Hall–Kier alpha value is -3.00. The minimum atomic E-state index is -0.663. The molecule has 1 unspecified atom stereocenters. The average molecular weight is 371 g/mol. The Balaban J connectivity index is 1.73. The number of thioether (sulfide) groups is 1. The van der Waals surface area contributed by atoms with Crippen LogP contribution in [0.1, 0.15) is 18.1 Å². The van der Waals surface area contributed by atoms with Gasteiger partial charge < -0.3 is 15.7 Å². The number of hydrogen-bond acceptors (Lipinski definition) is 6. The van der Waals surface area contributed by atoms with Crippen molar-refractivity contribution < 1.29 is 14.8 Å². The first-order valence-corrected chi connectivity index (χ1v) is 8.86. The highest BCUT2D eigenvalue weighted by molar-refractivity contribution is 8.05. The van der Waals surface area contributed by atoms with E-state index in [0.717, 1.165) is 12.1 Å². The van der Waals surface area contributed by atoms with Gasteiger partial charge >= 0.3 is 5.69 Å². The second-order valence-corrected chi connectivity index (χ2v) is 6.83. The second kappa shape index (κ2) is 7.49. The molecule has 2 aromatic carbocycles. The summed E-state index contributed by atoms with van der Waals surface area (Å²) < 4.78 is 0. The molecule has 7 nitrogen and oxygen atoms in total. The minimum absolute atomic E-state index is 0.256. The number of nitro groups is 1. The fraction of sp³-hybridized carbons (Fsp3) is 0.167. The van der Waals surface area contributed by atoms with E-state index in [-0.39, 0.29) is 11.4 Å². The molecule has 1 fully saturated rings. The summed E-state index contributed by atoms with van der Waals surface area (Å²) in [7, 11) is 0. The number of aromatic hydroxyl groups is 1. The van der Waals surface area contributed by atoms with Crippen LogP contribution in [0.4, 0.5) is 11.4 Å². The van der Waals surface area contributed by atoms with Crippen molar-refractivity contribution in [2.45, 2.75) is 18.8 Å². The predicted molar refractivity (Wildman–Crippen MR) is 102 cm³/mol. The molecule has 3 N–H and O–H groups in total. The number of phenolic OH excluding ortho intramolecular Hbond substituents is 1. The normalized spacial score (nSPS) is 18.0. The van der Waals surface area contributed by atoms with Gasteiger partial charge in [0.1, 0.15) is 0 Å². The van der Waals surface area contributed by atoms with Crippen molar-refractivity contribution in [3.63, 3.8) is 0 Å². The van der Waals surface area contributed by atoms with Gasteiger partial charge in [0.15, 0.2) is 11.2 Å². The minimum Gasteiger partial charge on any atom is -0.502 e. The molecule has 2 aromatic rings. The first kappa shape index (κ1) is 17.8.